The minimum absolute atomic E-state index is 0.0493. The van der Waals surface area contributed by atoms with Gasteiger partial charge in [-0.25, -0.2) is 0 Å². The normalized spacial score (nSPS) is 27.8. The fourth-order valence-electron chi connectivity index (χ4n) is 1.63. The summed E-state index contributed by atoms with van der Waals surface area (Å²) in [5.41, 5.74) is 0. The Hall–Kier alpha value is -0.650. The number of hydrogen-bond donors (Lipinski definition) is 2. The van der Waals surface area contributed by atoms with Gasteiger partial charge in [0.1, 0.15) is 6.10 Å². The van der Waals surface area contributed by atoms with Gasteiger partial charge in [0, 0.05) is 12.8 Å². The van der Waals surface area contributed by atoms with Crippen molar-refractivity contribution in [3.05, 3.63) is 0 Å². The standard InChI is InChI=1S/C9H18O3.C3H6O2/c1-7(2)4-9(3)11-6-8(5-10)12-9;1-2-3(4)5/h7-8,10H,4-6H2,1-3H3;2H2,1H3,(H,4,5). The lowest BCUT2D eigenvalue weighted by Gasteiger charge is -2.24. The summed E-state index contributed by atoms with van der Waals surface area (Å²) < 4.78 is 11.0. The van der Waals surface area contributed by atoms with E-state index in [0.29, 0.717) is 12.5 Å². The van der Waals surface area contributed by atoms with E-state index in [4.69, 9.17) is 19.7 Å². The molecule has 5 heteroatoms. The molecule has 1 aliphatic heterocycles. The zero-order valence-electron chi connectivity index (χ0n) is 11.1. The molecule has 1 aliphatic rings. The first-order chi connectivity index (χ1) is 7.83. The van der Waals surface area contributed by atoms with Gasteiger partial charge in [-0.1, -0.05) is 20.8 Å². The molecule has 2 N–H and O–H groups in total. The number of aliphatic hydroxyl groups excluding tert-OH is 1. The zero-order chi connectivity index (χ0) is 13.5. The van der Waals surface area contributed by atoms with Crippen LogP contribution in [0.5, 0.6) is 0 Å². The molecule has 0 bridgehead atoms. The SMILES string of the molecule is CC(C)CC1(C)OCC(CO)O1.CCC(=O)O. The zero-order valence-corrected chi connectivity index (χ0v) is 11.1. The van der Waals surface area contributed by atoms with Crippen molar-refractivity contribution in [3.8, 4) is 0 Å². The van der Waals surface area contributed by atoms with Crippen LogP contribution in [0.3, 0.4) is 0 Å². The van der Waals surface area contributed by atoms with Crippen LogP contribution in [0, 0.1) is 5.92 Å². The summed E-state index contributed by atoms with van der Waals surface area (Å²) in [6.07, 6.45) is 0.970. The minimum atomic E-state index is -0.745. The molecule has 17 heavy (non-hydrogen) atoms. The second kappa shape index (κ2) is 7.63. The molecule has 2 unspecified atom stereocenters. The van der Waals surface area contributed by atoms with Gasteiger partial charge in [-0.2, -0.15) is 0 Å². The number of aliphatic hydroxyl groups is 1. The number of rotatable bonds is 4. The highest BCUT2D eigenvalue weighted by atomic mass is 16.7. The third-order valence-corrected chi connectivity index (χ3v) is 2.28. The van der Waals surface area contributed by atoms with E-state index >= 15 is 0 Å². The van der Waals surface area contributed by atoms with Crippen molar-refractivity contribution in [2.45, 2.75) is 52.4 Å². The van der Waals surface area contributed by atoms with Crippen molar-refractivity contribution < 1.29 is 24.5 Å². The predicted octanol–water partition coefficient (Wildman–Crippen LogP) is 1.64. The van der Waals surface area contributed by atoms with Crippen LogP contribution >= 0.6 is 0 Å². The van der Waals surface area contributed by atoms with Gasteiger partial charge >= 0.3 is 5.97 Å². The van der Waals surface area contributed by atoms with Crippen molar-refractivity contribution in [1.29, 1.82) is 0 Å². The molecule has 0 aromatic heterocycles. The van der Waals surface area contributed by atoms with Crippen molar-refractivity contribution in [3.63, 3.8) is 0 Å². The highest BCUT2D eigenvalue weighted by Crippen LogP contribution is 2.29. The quantitative estimate of drug-likeness (QED) is 0.791. The van der Waals surface area contributed by atoms with Crippen molar-refractivity contribution >= 4 is 5.97 Å². The van der Waals surface area contributed by atoms with Gasteiger partial charge in [0.2, 0.25) is 0 Å². The fraction of sp³-hybridized carbons (Fsp3) is 0.917. The van der Waals surface area contributed by atoms with Crippen LogP contribution in [0.2, 0.25) is 0 Å². The third kappa shape index (κ3) is 7.31. The molecule has 2 atom stereocenters. The molecule has 5 nitrogen and oxygen atoms in total. The molecular formula is C12H24O5. The molecule has 0 saturated carbocycles. The van der Waals surface area contributed by atoms with Crippen molar-refractivity contribution in [2.75, 3.05) is 13.2 Å². The van der Waals surface area contributed by atoms with Crippen LogP contribution in [-0.4, -0.2) is 41.3 Å². The lowest BCUT2D eigenvalue weighted by Crippen LogP contribution is -2.29. The smallest absolute Gasteiger partial charge is 0.303 e. The Labute approximate surface area is 103 Å². The van der Waals surface area contributed by atoms with E-state index in [1.54, 1.807) is 6.92 Å². The van der Waals surface area contributed by atoms with Crippen LogP contribution < -0.4 is 0 Å². The summed E-state index contributed by atoms with van der Waals surface area (Å²) in [5, 5.41) is 16.5. The van der Waals surface area contributed by atoms with Gasteiger partial charge in [-0.05, 0) is 12.8 Å². The first kappa shape index (κ1) is 16.4. The molecule has 0 spiro atoms. The van der Waals surface area contributed by atoms with E-state index in [2.05, 4.69) is 13.8 Å². The van der Waals surface area contributed by atoms with E-state index in [9.17, 15) is 4.79 Å². The number of carboxylic acid groups (broad SMARTS) is 1. The predicted molar refractivity (Wildman–Crippen MR) is 63.7 cm³/mol. The topological polar surface area (TPSA) is 76.0 Å². The number of ether oxygens (including phenoxy) is 2. The third-order valence-electron chi connectivity index (χ3n) is 2.28. The lowest BCUT2D eigenvalue weighted by atomic mass is 10.0. The summed E-state index contributed by atoms with van der Waals surface area (Å²) in [6.45, 7) is 8.35. The molecule has 102 valence electrons. The highest BCUT2D eigenvalue weighted by molar-refractivity contribution is 5.66. The first-order valence-corrected chi connectivity index (χ1v) is 5.97. The summed E-state index contributed by atoms with van der Waals surface area (Å²) in [5.74, 6) is -0.667. The van der Waals surface area contributed by atoms with Crippen LogP contribution in [0.1, 0.15) is 40.5 Å². The van der Waals surface area contributed by atoms with E-state index in [1.165, 1.54) is 0 Å². The Morgan fingerprint density at radius 3 is 2.35 bits per heavy atom. The second-order valence-corrected chi connectivity index (χ2v) is 4.71. The van der Waals surface area contributed by atoms with Crippen molar-refractivity contribution in [1.82, 2.24) is 0 Å². The fourth-order valence-corrected chi connectivity index (χ4v) is 1.63. The molecular weight excluding hydrogens is 224 g/mol. The maximum atomic E-state index is 9.37. The van der Waals surface area contributed by atoms with E-state index in [1.807, 2.05) is 6.92 Å². The summed E-state index contributed by atoms with van der Waals surface area (Å²) in [7, 11) is 0. The number of hydrogen-bond acceptors (Lipinski definition) is 4. The average molecular weight is 248 g/mol. The molecule has 0 radical (unpaired) electrons. The number of carbonyl (C=O) groups is 1. The maximum absolute atomic E-state index is 9.37. The van der Waals surface area contributed by atoms with Crippen LogP contribution in [-0.2, 0) is 14.3 Å². The molecule has 0 amide bonds. The number of carboxylic acids is 1. The summed E-state index contributed by atoms with van der Waals surface area (Å²) in [4.78, 5) is 9.37. The van der Waals surface area contributed by atoms with Crippen molar-refractivity contribution in [2.24, 2.45) is 5.92 Å². The van der Waals surface area contributed by atoms with E-state index in [-0.39, 0.29) is 19.1 Å². The molecule has 0 aromatic rings. The Bertz CT molecular complexity index is 229. The van der Waals surface area contributed by atoms with E-state index < -0.39 is 11.8 Å². The van der Waals surface area contributed by atoms with Gasteiger partial charge in [0.15, 0.2) is 5.79 Å². The van der Waals surface area contributed by atoms with E-state index in [0.717, 1.165) is 6.42 Å². The monoisotopic (exact) mass is 248 g/mol. The average Bonchev–Trinajstić information content (AvgIpc) is 2.59. The largest absolute Gasteiger partial charge is 0.481 e. The molecule has 1 rings (SSSR count). The molecule has 0 aliphatic carbocycles. The van der Waals surface area contributed by atoms with Gasteiger partial charge < -0.3 is 19.7 Å². The van der Waals surface area contributed by atoms with Crippen LogP contribution in [0.4, 0.5) is 0 Å². The molecule has 1 fully saturated rings. The van der Waals surface area contributed by atoms with Crippen LogP contribution in [0.15, 0.2) is 0 Å². The van der Waals surface area contributed by atoms with Gasteiger partial charge in [0.25, 0.3) is 0 Å². The first-order valence-electron chi connectivity index (χ1n) is 5.97. The Morgan fingerprint density at radius 1 is 1.53 bits per heavy atom. The highest BCUT2D eigenvalue weighted by Gasteiger charge is 2.37. The maximum Gasteiger partial charge on any atom is 0.303 e. The molecule has 1 saturated heterocycles. The van der Waals surface area contributed by atoms with Gasteiger partial charge in [-0.3, -0.25) is 4.79 Å². The summed E-state index contributed by atoms with van der Waals surface area (Å²) in [6, 6.07) is 0. The molecule has 1 heterocycles. The lowest BCUT2D eigenvalue weighted by molar-refractivity contribution is -0.167. The second-order valence-electron chi connectivity index (χ2n) is 4.71. The minimum Gasteiger partial charge on any atom is -0.481 e. The van der Waals surface area contributed by atoms with Gasteiger partial charge in [0.05, 0.1) is 13.2 Å². The summed E-state index contributed by atoms with van der Waals surface area (Å²) >= 11 is 0. The number of aliphatic carboxylic acids is 1. The Morgan fingerprint density at radius 2 is 2.06 bits per heavy atom. The van der Waals surface area contributed by atoms with Gasteiger partial charge in [-0.15, -0.1) is 0 Å². The molecule has 0 aromatic carbocycles. The van der Waals surface area contributed by atoms with Crippen LogP contribution in [0.25, 0.3) is 0 Å². The Kier molecular flexibility index (Phi) is 7.34. The Balaban J connectivity index is 0.000000437.